The summed E-state index contributed by atoms with van der Waals surface area (Å²) in [6.07, 6.45) is 2.69. The van der Waals surface area contributed by atoms with Crippen molar-refractivity contribution in [1.29, 1.82) is 0 Å². The Bertz CT molecular complexity index is 541. The summed E-state index contributed by atoms with van der Waals surface area (Å²) >= 11 is 1.52. The van der Waals surface area contributed by atoms with Crippen molar-refractivity contribution < 1.29 is 9.84 Å². The lowest BCUT2D eigenvalue weighted by atomic mass is 10.2. The minimum absolute atomic E-state index is 0.0453. The molecule has 0 saturated heterocycles. The lowest BCUT2D eigenvalue weighted by Gasteiger charge is -2.20. The molecule has 1 aliphatic rings. The number of aliphatic hydroxyl groups is 1. The van der Waals surface area contributed by atoms with E-state index in [9.17, 15) is 0 Å². The molecule has 0 bridgehead atoms. The molecule has 0 saturated carbocycles. The number of nitrogens with zero attached hydrogens (tertiary/aromatic N) is 2. The number of ether oxygens (including phenoxy) is 1. The van der Waals surface area contributed by atoms with Gasteiger partial charge in [0, 0.05) is 12.7 Å². The largest absolute Gasteiger partial charge is 0.491 e. The second-order valence-electron chi connectivity index (χ2n) is 4.09. The highest BCUT2D eigenvalue weighted by Gasteiger charge is 2.19. The fraction of sp³-hybridized carbons (Fsp3) is 0.308. The van der Waals surface area contributed by atoms with Gasteiger partial charge in [0.25, 0.3) is 0 Å². The zero-order chi connectivity index (χ0) is 12.4. The third-order valence-corrected chi connectivity index (χ3v) is 3.87. The standard InChI is InChI=1S/C13H14N2O2S/c16-9-10-8-14-13(18-10)15-6-3-7-17-12-5-2-1-4-11(12)15/h1-2,4-5,8,16H,3,6-7,9H2. The molecule has 1 N–H and O–H groups in total. The predicted molar refractivity (Wildman–Crippen MR) is 71.6 cm³/mol. The average Bonchev–Trinajstić information content (AvgIpc) is 2.78. The Morgan fingerprint density at radius 2 is 2.28 bits per heavy atom. The third kappa shape index (κ3) is 2.07. The third-order valence-electron chi connectivity index (χ3n) is 2.87. The molecular formula is C13H14N2O2S. The quantitative estimate of drug-likeness (QED) is 0.903. The fourth-order valence-corrected chi connectivity index (χ4v) is 2.83. The topological polar surface area (TPSA) is 45.6 Å². The van der Waals surface area contributed by atoms with E-state index in [0.29, 0.717) is 0 Å². The first-order valence-corrected chi connectivity index (χ1v) is 6.75. The highest BCUT2D eigenvalue weighted by molar-refractivity contribution is 7.15. The molecule has 4 nitrogen and oxygen atoms in total. The van der Waals surface area contributed by atoms with E-state index in [2.05, 4.69) is 9.88 Å². The summed E-state index contributed by atoms with van der Waals surface area (Å²) in [4.78, 5) is 7.42. The predicted octanol–water partition coefficient (Wildman–Crippen LogP) is 2.56. The maximum absolute atomic E-state index is 9.13. The van der Waals surface area contributed by atoms with Gasteiger partial charge in [-0.25, -0.2) is 4.98 Å². The Labute approximate surface area is 109 Å². The Balaban J connectivity index is 2.00. The number of aromatic nitrogens is 1. The van der Waals surface area contributed by atoms with Crippen molar-refractivity contribution in [2.45, 2.75) is 13.0 Å². The Morgan fingerprint density at radius 1 is 1.39 bits per heavy atom. The maximum Gasteiger partial charge on any atom is 0.190 e. The Kier molecular flexibility index (Phi) is 3.17. The SMILES string of the molecule is OCc1cnc(N2CCCOc3ccccc32)s1. The van der Waals surface area contributed by atoms with E-state index in [1.165, 1.54) is 11.3 Å². The van der Waals surface area contributed by atoms with Gasteiger partial charge in [-0.05, 0) is 18.6 Å². The summed E-state index contributed by atoms with van der Waals surface area (Å²) in [6, 6.07) is 8.00. The van der Waals surface area contributed by atoms with E-state index in [4.69, 9.17) is 9.84 Å². The first-order chi connectivity index (χ1) is 8.88. The van der Waals surface area contributed by atoms with Gasteiger partial charge in [0.2, 0.25) is 0 Å². The lowest BCUT2D eigenvalue weighted by Crippen LogP contribution is -2.17. The number of thiazole rings is 1. The normalized spacial score (nSPS) is 14.8. The fourth-order valence-electron chi connectivity index (χ4n) is 2.02. The van der Waals surface area contributed by atoms with Crippen LogP contribution >= 0.6 is 11.3 Å². The van der Waals surface area contributed by atoms with Crippen molar-refractivity contribution in [2.75, 3.05) is 18.1 Å². The number of para-hydroxylation sites is 2. The second kappa shape index (κ2) is 4.96. The van der Waals surface area contributed by atoms with Gasteiger partial charge in [0.1, 0.15) is 5.75 Å². The van der Waals surface area contributed by atoms with Gasteiger partial charge < -0.3 is 14.7 Å². The number of hydrogen-bond acceptors (Lipinski definition) is 5. The molecule has 2 aromatic rings. The zero-order valence-electron chi connectivity index (χ0n) is 9.87. The summed E-state index contributed by atoms with van der Waals surface area (Å²) in [6.45, 7) is 1.66. The van der Waals surface area contributed by atoms with Crippen molar-refractivity contribution in [3.05, 3.63) is 35.3 Å². The summed E-state index contributed by atoms with van der Waals surface area (Å²) in [5.41, 5.74) is 1.05. The van der Waals surface area contributed by atoms with Crippen LogP contribution in [0.25, 0.3) is 0 Å². The van der Waals surface area contributed by atoms with Gasteiger partial charge in [0.05, 0.1) is 23.8 Å². The first kappa shape index (κ1) is 11.5. The number of rotatable bonds is 2. The lowest BCUT2D eigenvalue weighted by molar-refractivity contribution is 0.285. The number of benzene rings is 1. The van der Waals surface area contributed by atoms with E-state index in [-0.39, 0.29) is 6.61 Å². The van der Waals surface area contributed by atoms with Crippen molar-refractivity contribution in [1.82, 2.24) is 4.98 Å². The molecule has 3 rings (SSSR count). The molecule has 0 spiro atoms. The zero-order valence-corrected chi connectivity index (χ0v) is 10.7. The van der Waals surface area contributed by atoms with Crippen LogP contribution in [0.4, 0.5) is 10.8 Å². The van der Waals surface area contributed by atoms with E-state index in [1.807, 2.05) is 24.3 Å². The van der Waals surface area contributed by atoms with Crippen LogP contribution in [0, 0.1) is 0 Å². The highest BCUT2D eigenvalue weighted by atomic mass is 32.1. The first-order valence-electron chi connectivity index (χ1n) is 5.93. The number of fused-ring (bicyclic) bond motifs is 1. The van der Waals surface area contributed by atoms with E-state index < -0.39 is 0 Å². The van der Waals surface area contributed by atoms with Crippen LogP contribution in [0.15, 0.2) is 30.5 Å². The van der Waals surface area contributed by atoms with Crippen LogP contribution in [0.5, 0.6) is 5.75 Å². The summed E-state index contributed by atoms with van der Waals surface area (Å²) in [7, 11) is 0. The molecular weight excluding hydrogens is 248 g/mol. The summed E-state index contributed by atoms with van der Waals surface area (Å²) < 4.78 is 5.72. The van der Waals surface area contributed by atoms with Crippen molar-refractivity contribution in [3.63, 3.8) is 0 Å². The minimum atomic E-state index is 0.0453. The molecule has 0 aliphatic carbocycles. The maximum atomic E-state index is 9.13. The van der Waals surface area contributed by atoms with Crippen LogP contribution in [-0.4, -0.2) is 23.2 Å². The van der Waals surface area contributed by atoms with E-state index in [1.54, 1.807) is 6.20 Å². The van der Waals surface area contributed by atoms with Gasteiger partial charge in [-0.15, -0.1) is 0 Å². The van der Waals surface area contributed by atoms with Crippen LogP contribution in [0.1, 0.15) is 11.3 Å². The van der Waals surface area contributed by atoms with Crippen molar-refractivity contribution in [2.24, 2.45) is 0 Å². The monoisotopic (exact) mass is 262 g/mol. The molecule has 0 unspecified atom stereocenters. The molecule has 0 amide bonds. The number of hydrogen-bond donors (Lipinski definition) is 1. The van der Waals surface area contributed by atoms with Gasteiger partial charge in [-0.2, -0.15) is 0 Å². The summed E-state index contributed by atoms with van der Waals surface area (Å²) in [5.74, 6) is 0.899. The average molecular weight is 262 g/mol. The van der Waals surface area contributed by atoms with Gasteiger partial charge in [0.15, 0.2) is 5.13 Å². The second-order valence-corrected chi connectivity index (χ2v) is 5.18. The van der Waals surface area contributed by atoms with E-state index >= 15 is 0 Å². The molecule has 0 atom stereocenters. The van der Waals surface area contributed by atoms with Crippen molar-refractivity contribution >= 4 is 22.2 Å². The smallest absolute Gasteiger partial charge is 0.190 e. The summed E-state index contributed by atoms with van der Waals surface area (Å²) in [5, 5.41) is 10.0. The molecule has 0 fully saturated rings. The van der Waals surface area contributed by atoms with Crippen LogP contribution in [0.3, 0.4) is 0 Å². The van der Waals surface area contributed by atoms with Gasteiger partial charge in [-0.3, -0.25) is 0 Å². The molecule has 94 valence electrons. The van der Waals surface area contributed by atoms with E-state index in [0.717, 1.165) is 41.0 Å². The Hall–Kier alpha value is -1.59. The molecule has 18 heavy (non-hydrogen) atoms. The molecule has 5 heteroatoms. The van der Waals surface area contributed by atoms with Gasteiger partial charge in [-0.1, -0.05) is 23.5 Å². The number of aliphatic hydroxyl groups excluding tert-OH is 1. The molecule has 1 aromatic heterocycles. The van der Waals surface area contributed by atoms with Crippen LogP contribution in [0.2, 0.25) is 0 Å². The van der Waals surface area contributed by atoms with Gasteiger partial charge >= 0.3 is 0 Å². The highest BCUT2D eigenvalue weighted by Crippen LogP contribution is 2.37. The van der Waals surface area contributed by atoms with Crippen LogP contribution < -0.4 is 9.64 Å². The molecule has 0 radical (unpaired) electrons. The Morgan fingerprint density at radius 3 is 3.11 bits per heavy atom. The number of anilines is 2. The molecule has 1 aliphatic heterocycles. The minimum Gasteiger partial charge on any atom is -0.491 e. The van der Waals surface area contributed by atoms with Crippen molar-refractivity contribution in [3.8, 4) is 5.75 Å². The van der Waals surface area contributed by atoms with Crippen LogP contribution in [-0.2, 0) is 6.61 Å². The molecule has 2 heterocycles. The molecule has 1 aromatic carbocycles.